The first-order valence-electron chi connectivity index (χ1n) is 6.93. The van der Waals surface area contributed by atoms with Gasteiger partial charge in [0, 0.05) is 18.8 Å². The number of benzene rings is 1. The number of nitrogens with zero attached hydrogens (tertiary/aromatic N) is 1. The molecule has 0 saturated heterocycles. The molecule has 0 aromatic heterocycles. The summed E-state index contributed by atoms with van der Waals surface area (Å²) in [5, 5.41) is 0.574. The standard InChI is InChI=1S/C16H20Cl2N2O/c1-16(2,3)10-4-6-20(7-5-10)15(21)12-8-11(19)9-13(17)14(12)18/h4,8-9H,5-7,19H2,1-3H3. The Hall–Kier alpha value is -1.19. The number of hydrogen-bond acceptors (Lipinski definition) is 2. The summed E-state index contributed by atoms with van der Waals surface area (Å²) in [6, 6.07) is 3.13. The van der Waals surface area contributed by atoms with Gasteiger partial charge in [-0.05, 0) is 24.0 Å². The number of nitrogen functional groups attached to an aromatic ring is 1. The fourth-order valence-electron chi connectivity index (χ4n) is 2.47. The Morgan fingerprint density at radius 1 is 1.29 bits per heavy atom. The molecule has 0 fully saturated rings. The molecule has 5 heteroatoms. The van der Waals surface area contributed by atoms with Crippen molar-refractivity contribution in [2.45, 2.75) is 27.2 Å². The van der Waals surface area contributed by atoms with Gasteiger partial charge in [-0.2, -0.15) is 0 Å². The zero-order chi connectivity index (χ0) is 15.8. The third kappa shape index (κ3) is 3.53. The first-order valence-corrected chi connectivity index (χ1v) is 7.69. The van der Waals surface area contributed by atoms with E-state index in [-0.39, 0.29) is 16.3 Å². The van der Waals surface area contributed by atoms with E-state index < -0.39 is 0 Å². The third-order valence-corrected chi connectivity index (χ3v) is 4.54. The van der Waals surface area contributed by atoms with E-state index in [0.717, 1.165) is 6.42 Å². The highest BCUT2D eigenvalue weighted by molar-refractivity contribution is 6.44. The number of rotatable bonds is 1. The van der Waals surface area contributed by atoms with Crippen molar-refractivity contribution in [1.29, 1.82) is 0 Å². The van der Waals surface area contributed by atoms with Gasteiger partial charge in [-0.15, -0.1) is 0 Å². The molecule has 1 aliphatic heterocycles. The zero-order valence-electron chi connectivity index (χ0n) is 12.5. The Bertz CT molecular complexity index is 603. The van der Waals surface area contributed by atoms with Crippen LogP contribution in [-0.2, 0) is 0 Å². The average Bonchev–Trinajstić information content (AvgIpc) is 2.41. The molecule has 0 atom stereocenters. The van der Waals surface area contributed by atoms with E-state index in [9.17, 15) is 4.79 Å². The van der Waals surface area contributed by atoms with Gasteiger partial charge >= 0.3 is 0 Å². The molecule has 2 N–H and O–H groups in total. The molecular weight excluding hydrogens is 307 g/mol. The molecule has 0 saturated carbocycles. The minimum atomic E-state index is -0.126. The highest BCUT2D eigenvalue weighted by Gasteiger charge is 2.25. The molecule has 21 heavy (non-hydrogen) atoms. The number of carbonyl (C=O) groups is 1. The van der Waals surface area contributed by atoms with Crippen LogP contribution in [0.3, 0.4) is 0 Å². The number of carbonyl (C=O) groups excluding carboxylic acids is 1. The van der Waals surface area contributed by atoms with Crippen LogP contribution in [0, 0.1) is 5.41 Å². The minimum Gasteiger partial charge on any atom is -0.399 e. The predicted molar refractivity (Wildman–Crippen MR) is 88.9 cm³/mol. The first kappa shape index (κ1) is 16.2. The lowest BCUT2D eigenvalue weighted by Crippen LogP contribution is -2.36. The molecule has 1 aromatic rings. The van der Waals surface area contributed by atoms with Crippen molar-refractivity contribution in [2.75, 3.05) is 18.8 Å². The summed E-state index contributed by atoms with van der Waals surface area (Å²) >= 11 is 12.1. The molecule has 0 spiro atoms. The van der Waals surface area contributed by atoms with Crippen LogP contribution >= 0.6 is 23.2 Å². The molecule has 1 heterocycles. The molecule has 1 amide bonds. The van der Waals surface area contributed by atoms with Gasteiger partial charge in [0.05, 0.1) is 15.6 Å². The van der Waals surface area contributed by atoms with Crippen LogP contribution in [0.2, 0.25) is 10.0 Å². The Morgan fingerprint density at radius 3 is 2.48 bits per heavy atom. The summed E-state index contributed by atoms with van der Waals surface area (Å²) < 4.78 is 0. The molecule has 0 bridgehead atoms. The van der Waals surface area contributed by atoms with Gasteiger partial charge in [0.15, 0.2) is 0 Å². The van der Waals surface area contributed by atoms with Crippen molar-refractivity contribution >= 4 is 34.8 Å². The smallest absolute Gasteiger partial charge is 0.255 e. The quantitative estimate of drug-likeness (QED) is 0.614. The van der Waals surface area contributed by atoms with Crippen LogP contribution in [0.25, 0.3) is 0 Å². The van der Waals surface area contributed by atoms with Crippen LogP contribution in [0.4, 0.5) is 5.69 Å². The van der Waals surface area contributed by atoms with E-state index in [1.54, 1.807) is 17.0 Å². The lowest BCUT2D eigenvalue weighted by atomic mass is 9.83. The topological polar surface area (TPSA) is 46.3 Å². The van der Waals surface area contributed by atoms with Crippen molar-refractivity contribution in [3.63, 3.8) is 0 Å². The monoisotopic (exact) mass is 326 g/mol. The first-order chi connectivity index (χ1) is 9.70. The Kier molecular flexibility index (Phi) is 4.54. The summed E-state index contributed by atoms with van der Waals surface area (Å²) in [7, 11) is 0. The number of anilines is 1. The lowest BCUT2D eigenvalue weighted by Gasteiger charge is -2.32. The van der Waals surface area contributed by atoms with Crippen molar-refractivity contribution in [1.82, 2.24) is 4.90 Å². The molecule has 2 rings (SSSR count). The number of amides is 1. The van der Waals surface area contributed by atoms with Gasteiger partial charge in [0.1, 0.15) is 0 Å². The van der Waals surface area contributed by atoms with Crippen molar-refractivity contribution < 1.29 is 4.79 Å². The van der Waals surface area contributed by atoms with Crippen molar-refractivity contribution in [3.8, 4) is 0 Å². The second kappa shape index (κ2) is 5.90. The van der Waals surface area contributed by atoms with Crippen molar-refractivity contribution in [3.05, 3.63) is 39.4 Å². The molecule has 3 nitrogen and oxygen atoms in total. The Labute approximate surface area is 135 Å². The maximum absolute atomic E-state index is 12.6. The van der Waals surface area contributed by atoms with Gasteiger partial charge in [0.2, 0.25) is 0 Å². The number of nitrogens with two attached hydrogens (primary N) is 1. The molecule has 0 unspecified atom stereocenters. The molecule has 0 aliphatic carbocycles. The highest BCUT2D eigenvalue weighted by Crippen LogP contribution is 2.32. The van der Waals surface area contributed by atoms with E-state index in [1.165, 1.54) is 5.57 Å². The average molecular weight is 327 g/mol. The predicted octanol–water partition coefficient (Wildman–Crippen LogP) is 4.39. The number of halogens is 2. The van der Waals surface area contributed by atoms with Gasteiger partial charge in [0.25, 0.3) is 5.91 Å². The van der Waals surface area contributed by atoms with Gasteiger partial charge < -0.3 is 10.6 Å². The van der Waals surface area contributed by atoms with E-state index in [4.69, 9.17) is 28.9 Å². The maximum Gasteiger partial charge on any atom is 0.255 e. The largest absolute Gasteiger partial charge is 0.399 e. The zero-order valence-corrected chi connectivity index (χ0v) is 14.1. The Balaban J connectivity index is 2.22. The van der Waals surface area contributed by atoms with Crippen LogP contribution < -0.4 is 5.73 Å². The van der Waals surface area contributed by atoms with Crippen LogP contribution in [0.1, 0.15) is 37.6 Å². The fraction of sp³-hybridized carbons (Fsp3) is 0.438. The molecular formula is C16H20Cl2N2O. The second-order valence-corrected chi connectivity index (χ2v) is 7.13. The lowest BCUT2D eigenvalue weighted by molar-refractivity contribution is 0.0765. The molecule has 1 aliphatic rings. The van der Waals surface area contributed by atoms with Gasteiger partial charge in [-0.25, -0.2) is 0 Å². The van der Waals surface area contributed by atoms with Crippen molar-refractivity contribution in [2.24, 2.45) is 5.41 Å². The number of hydrogen-bond donors (Lipinski definition) is 1. The summed E-state index contributed by atoms with van der Waals surface area (Å²) in [5.41, 5.74) is 8.08. The van der Waals surface area contributed by atoms with Gasteiger partial charge in [-0.1, -0.05) is 55.6 Å². The van der Waals surface area contributed by atoms with Gasteiger partial charge in [-0.3, -0.25) is 4.79 Å². The minimum absolute atomic E-state index is 0.126. The molecule has 0 radical (unpaired) electrons. The Morgan fingerprint density at radius 2 is 1.95 bits per heavy atom. The van der Waals surface area contributed by atoms with E-state index >= 15 is 0 Å². The SMILES string of the molecule is CC(C)(C)C1=CCN(C(=O)c2cc(N)cc(Cl)c2Cl)CC1. The van der Waals surface area contributed by atoms with Crippen LogP contribution in [-0.4, -0.2) is 23.9 Å². The van der Waals surface area contributed by atoms with E-state index in [1.807, 2.05) is 0 Å². The summed E-state index contributed by atoms with van der Waals surface area (Å²) in [6.45, 7) is 7.83. The summed E-state index contributed by atoms with van der Waals surface area (Å²) in [6.07, 6.45) is 3.01. The molecule has 1 aromatic carbocycles. The highest BCUT2D eigenvalue weighted by atomic mass is 35.5. The van der Waals surface area contributed by atoms with Crippen LogP contribution in [0.15, 0.2) is 23.8 Å². The normalized spacial score (nSPS) is 15.9. The fourth-order valence-corrected chi connectivity index (χ4v) is 2.89. The van der Waals surface area contributed by atoms with E-state index in [0.29, 0.717) is 29.4 Å². The summed E-state index contributed by atoms with van der Waals surface area (Å²) in [5.74, 6) is -0.126. The van der Waals surface area contributed by atoms with Crippen LogP contribution in [0.5, 0.6) is 0 Å². The second-order valence-electron chi connectivity index (χ2n) is 6.34. The van der Waals surface area contributed by atoms with E-state index in [2.05, 4.69) is 26.8 Å². The molecule has 114 valence electrons. The maximum atomic E-state index is 12.6. The third-order valence-electron chi connectivity index (χ3n) is 3.74. The summed E-state index contributed by atoms with van der Waals surface area (Å²) in [4.78, 5) is 14.3.